The van der Waals surface area contributed by atoms with E-state index in [1.807, 2.05) is 0 Å². The maximum atomic E-state index is 2.22. The third-order valence-corrected chi connectivity index (χ3v) is 2.32. The van der Waals surface area contributed by atoms with Gasteiger partial charge in [-0.15, -0.1) is 0 Å². The highest BCUT2D eigenvalue weighted by Crippen LogP contribution is 2.14. The molecule has 0 amide bonds. The van der Waals surface area contributed by atoms with Crippen LogP contribution in [0.4, 0.5) is 0 Å². The van der Waals surface area contributed by atoms with Gasteiger partial charge < -0.3 is 12.3 Å². The maximum absolute atomic E-state index is 2.22. The van der Waals surface area contributed by atoms with Crippen LogP contribution in [0.2, 0.25) is 0 Å². The van der Waals surface area contributed by atoms with Crippen molar-refractivity contribution >= 4 is 0 Å². The van der Waals surface area contributed by atoms with Crippen LogP contribution in [0.15, 0.2) is 18.2 Å². The quantitative estimate of drug-likeness (QED) is 0.735. The van der Waals surface area contributed by atoms with E-state index in [-0.39, 0.29) is 12.3 Å². The van der Waals surface area contributed by atoms with Crippen molar-refractivity contribution in [2.24, 2.45) is 0 Å². The highest BCUT2D eigenvalue weighted by Gasteiger charge is 1.98. The third-order valence-electron chi connectivity index (χ3n) is 2.32. The van der Waals surface area contributed by atoms with Gasteiger partial charge in [0.2, 0.25) is 0 Å². The van der Waals surface area contributed by atoms with Crippen LogP contribution < -0.4 is 12.3 Å². The van der Waals surface area contributed by atoms with E-state index in [4.69, 9.17) is 0 Å². The number of benzene rings is 1. The summed E-state index contributed by atoms with van der Waals surface area (Å²) in [6, 6.07) is 6.59. The molecule has 6 N–H and O–H groups in total. The molecule has 1 aromatic carbocycles. The molecule has 1 aromatic rings. The van der Waals surface area contributed by atoms with Crippen LogP contribution in [0.3, 0.4) is 0 Å². The average Bonchev–Trinajstić information content (AvgIpc) is 2.05. The summed E-state index contributed by atoms with van der Waals surface area (Å²) in [7, 11) is 0. The van der Waals surface area contributed by atoms with Crippen molar-refractivity contribution in [2.75, 3.05) is 0 Å². The van der Waals surface area contributed by atoms with E-state index in [9.17, 15) is 0 Å². The molecule has 0 aromatic heterocycles. The fraction of sp³-hybridized carbons (Fsp3) is 0.455. The zero-order valence-electron chi connectivity index (χ0n) is 9.06. The van der Waals surface area contributed by atoms with Crippen molar-refractivity contribution < 1.29 is 0 Å². The first-order valence-corrected chi connectivity index (χ1v) is 4.37. The molecular weight excluding hydrogens is 160 g/mol. The van der Waals surface area contributed by atoms with Gasteiger partial charge in [0.15, 0.2) is 0 Å². The Morgan fingerprint density at radius 3 is 1.62 bits per heavy atom. The van der Waals surface area contributed by atoms with Crippen molar-refractivity contribution in [2.45, 2.75) is 33.6 Å². The van der Waals surface area contributed by atoms with E-state index in [2.05, 4.69) is 39.0 Å². The van der Waals surface area contributed by atoms with E-state index in [1.165, 1.54) is 16.7 Å². The van der Waals surface area contributed by atoms with Crippen LogP contribution >= 0.6 is 0 Å². The molecule has 76 valence electrons. The molecule has 0 aliphatic rings. The zero-order valence-corrected chi connectivity index (χ0v) is 9.06. The number of rotatable bonds is 2. The van der Waals surface area contributed by atoms with Gasteiger partial charge in [0, 0.05) is 0 Å². The second kappa shape index (κ2) is 6.63. The van der Waals surface area contributed by atoms with Gasteiger partial charge in [-0.05, 0) is 36.5 Å². The Labute approximate surface area is 81.5 Å². The van der Waals surface area contributed by atoms with Crippen molar-refractivity contribution in [3.8, 4) is 0 Å². The molecule has 0 aliphatic carbocycles. The Morgan fingerprint density at radius 2 is 1.31 bits per heavy atom. The van der Waals surface area contributed by atoms with Crippen molar-refractivity contribution in [1.82, 2.24) is 12.3 Å². The molecule has 0 aliphatic heterocycles. The van der Waals surface area contributed by atoms with Gasteiger partial charge in [-0.1, -0.05) is 32.0 Å². The van der Waals surface area contributed by atoms with Gasteiger partial charge in [-0.2, -0.15) is 0 Å². The molecule has 0 bridgehead atoms. The van der Waals surface area contributed by atoms with Crippen molar-refractivity contribution in [1.29, 1.82) is 0 Å². The standard InChI is InChI=1S/C11H16.2H3N/c1-4-10-7-6-8-11(5-2)9(10)3;;/h6-8H,4-5H2,1-3H3;2*1H3. The van der Waals surface area contributed by atoms with Crippen LogP contribution in [-0.4, -0.2) is 0 Å². The van der Waals surface area contributed by atoms with Gasteiger partial charge in [0.1, 0.15) is 0 Å². The third kappa shape index (κ3) is 3.17. The minimum Gasteiger partial charge on any atom is -0.344 e. The topological polar surface area (TPSA) is 70.0 Å². The minimum atomic E-state index is 0. The largest absolute Gasteiger partial charge is 0.344 e. The van der Waals surface area contributed by atoms with Crippen LogP contribution in [0, 0.1) is 6.92 Å². The molecule has 0 spiro atoms. The molecule has 0 radical (unpaired) electrons. The molecule has 0 fully saturated rings. The highest BCUT2D eigenvalue weighted by atomic mass is 14.0. The summed E-state index contributed by atoms with van der Waals surface area (Å²) in [5.74, 6) is 0. The minimum absolute atomic E-state index is 0. The van der Waals surface area contributed by atoms with Gasteiger partial charge in [0.05, 0.1) is 0 Å². The Balaban J connectivity index is 0. The first kappa shape index (κ1) is 14.7. The number of hydrogen-bond donors (Lipinski definition) is 2. The first-order valence-electron chi connectivity index (χ1n) is 4.37. The first-order chi connectivity index (χ1) is 5.29. The molecule has 0 unspecified atom stereocenters. The van der Waals surface area contributed by atoms with E-state index in [1.54, 1.807) is 0 Å². The summed E-state index contributed by atoms with van der Waals surface area (Å²) >= 11 is 0. The molecule has 2 heteroatoms. The molecular formula is C11H22N2. The van der Waals surface area contributed by atoms with Gasteiger partial charge in [-0.3, -0.25) is 0 Å². The maximum Gasteiger partial charge on any atom is -0.0305 e. The van der Waals surface area contributed by atoms with Crippen LogP contribution in [0.1, 0.15) is 30.5 Å². The van der Waals surface area contributed by atoms with Gasteiger partial charge in [-0.25, -0.2) is 0 Å². The van der Waals surface area contributed by atoms with Gasteiger partial charge in [0.25, 0.3) is 0 Å². The lowest BCUT2D eigenvalue weighted by Gasteiger charge is -2.06. The Bertz CT molecular complexity index is 222. The lowest BCUT2D eigenvalue weighted by atomic mass is 9.99. The molecule has 0 heterocycles. The van der Waals surface area contributed by atoms with Crippen molar-refractivity contribution in [3.63, 3.8) is 0 Å². The number of aryl methyl sites for hydroxylation is 2. The normalized spacial score (nSPS) is 8.54. The summed E-state index contributed by atoms with van der Waals surface area (Å²) in [5.41, 5.74) is 4.46. The summed E-state index contributed by atoms with van der Waals surface area (Å²) in [5, 5.41) is 0. The highest BCUT2D eigenvalue weighted by molar-refractivity contribution is 5.33. The van der Waals surface area contributed by atoms with Crippen LogP contribution in [0.5, 0.6) is 0 Å². The Hall–Kier alpha value is -0.860. The average molecular weight is 182 g/mol. The summed E-state index contributed by atoms with van der Waals surface area (Å²) in [6.45, 7) is 6.64. The predicted octanol–water partition coefficient (Wildman–Crippen LogP) is 3.44. The molecule has 2 nitrogen and oxygen atoms in total. The smallest absolute Gasteiger partial charge is 0.0305 e. The molecule has 0 saturated carbocycles. The Morgan fingerprint density at radius 1 is 0.923 bits per heavy atom. The lowest BCUT2D eigenvalue weighted by molar-refractivity contribution is 1.05. The zero-order chi connectivity index (χ0) is 8.27. The second-order valence-corrected chi connectivity index (χ2v) is 2.91. The molecule has 0 saturated heterocycles. The molecule has 13 heavy (non-hydrogen) atoms. The molecule has 1 rings (SSSR count). The lowest BCUT2D eigenvalue weighted by Crippen LogP contribution is -1.91. The fourth-order valence-corrected chi connectivity index (χ4v) is 1.50. The fourth-order valence-electron chi connectivity index (χ4n) is 1.50. The second-order valence-electron chi connectivity index (χ2n) is 2.91. The SMILES string of the molecule is CCc1cccc(CC)c1C.N.N. The summed E-state index contributed by atoms with van der Waals surface area (Å²) < 4.78 is 0. The van der Waals surface area contributed by atoms with Crippen LogP contribution in [-0.2, 0) is 12.8 Å². The van der Waals surface area contributed by atoms with E-state index in [0.29, 0.717) is 0 Å². The van der Waals surface area contributed by atoms with E-state index >= 15 is 0 Å². The summed E-state index contributed by atoms with van der Waals surface area (Å²) in [6.07, 6.45) is 2.30. The van der Waals surface area contributed by atoms with Crippen LogP contribution in [0.25, 0.3) is 0 Å². The monoisotopic (exact) mass is 182 g/mol. The predicted molar refractivity (Wildman–Crippen MR) is 60.0 cm³/mol. The van der Waals surface area contributed by atoms with Gasteiger partial charge >= 0.3 is 0 Å². The molecule has 0 atom stereocenters. The Kier molecular flexibility index (Phi) is 7.48. The number of hydrogen-bond acceptors (Lipinski definition) is 2. The summed E-state index contributed by atoms with van der Waals surface area (Å²) in [4.78, 5) is 0. The van der Waals surface area contributed by atoms with Crippen molar-refractivity contribution in [3.05, 3.63) is 34.9 Å². The van der Waals surface area contributed by atoms with E-state index in [0.717, 1.165) is 12.8 Å². The van der Waals surface area contributed by atoms with E-state index < -0.39 is 0 Å².